The molecule has 0 saturated heterocycles. The number of ether oxygens (including phenoxy) is 1. The first-order valence-corrected chi connectivity index (χ1v) is 5.98. The van der Waals surface area contributed by atoms with E-state index < -0.39 is 0 Å². The van der Waals surface area contributed by atoms with Gasteiger partial charge in [-0.25, -0.2) is 4.98 Å². The van der Waals surface area contributed by atoms with Gasteiger partial charge in [-0.2, -0.15) is 0 Å². The summed E-state index contributed by atoms with van der Waals surface area (Å²) in [6.07, 6.45) is 2.13. The maximum Gasteiger partial charge on any atom is 0.219 e. The van der Waals surface area contributed by atoms with Gasteiger partial charge < -0.3 is 9.84 Å². The van der Waals surface area contributed by atoms with Crippen molar-refractivity contribution in [2.24, 2.45) is 0 Å². The number of carbonyl (C=O) groups is 1. The van der Waals surface area contributed by atoms with Crippen molar-refractivity contribution >= 4 is 17.4 Å². The molecular weight excluding hydrogens is 244 g/mol. The van der Waals surface area contributed by atoms with Crippen molar-refractivity contribution in [2.75, 3.05) is 7.11 Å². The predicted molar refractivity (Wildman–Crippen MR) is 74.6 cm³/mol. The largest absolute Gasteiger partial charge is 0.392 e. The topological polar surface area (TPSA) is 64.4 Å². The number of hydrogen-bond acceptors (Lipinski definition) is 4. The Kier molecular flexibility index (Phi) is 5.20. The number of aliphatic hydroxyl groups excluding tert-OH is 1. The molecule has 104 valence electrons. The Labute approximate surface area is 112 Å². The van der Waals surface area contributed by atoms with Crippen LogP contribution in [0, 0.1) is 0 Å². The summed E-state index contributed by atoms with van der Waals surface area (Å²) in [6, 6.07) is 5.36. The van der Waals surface area contributed by atoms with Gasteiger partial charge >= 0.3 is 0 Å². The minimum Gasteiger partial charge on any atom is -0.392 e. The van der Waals surface area contributed by atoms with E-state index in [4.69, 9.17) is 9.84 Å². The van der Waals surface area contributed by atoms with Gasteiger partial charge in [-0.1, -0.05) is 12.1 Å². The molecule has 0 fully saturated rings. The van der Waals surface area contributed by atoms with Gasteiger partial charge in [-0.3, -0.25) is 9.36 Å². The van der Waals surface area contributed by atoms with Crippen LogP contribution in [0.3, 0.4) is 0 Å². The second-order valence-electron chi connectivity index (χ2n) is 5.02. The van der Waals surface area contributed by atoms with Gasteiger partial charge in [0.25, 0.3) is 0 Å². The van der Waals surface area contributed by atoms with E-state index >= 15 is 0 Å². The number of imidazole rings is 1. The maximum atomic E-state index is 10.5. The predicted octanol–water partition coefficient (Wildman–Crippen LogP) is 2.00. The van der Waals surface area contributed by atoms with Crippen LogP contribution in [-0.4, -0.2) is 33.8 Å². The van der Waals surface area contributed by atoms with Crippen LogP contribution in [0.15, 0.2) is 24.5 Å². The molecule has 5 heteroatoms. The van der Waals surface area contributed by atoms with Crippen molar-refractivity contribution in [2.45, 2.75) is 33.0 Å². The summed E-state index contributed by atoms with van der Waals surface area (Å²) >= 11 is 0. The first kappa shape index (κ1) is 15.3. The second-order valence-corrected chi connectivity index (χ2v) is 5.02. The van der Waals surface area contributed by atoms with Crippen molar-refractivity contribution in [3.05, 3.63) is 30.1 Å². The zero-order valence-corrected chi connectivity index (χ0v) is 11.8. The van der Waals surface area contributed by atoms with Crippen LogP contribution in [0.4, 0.5) is 0 Å². The number of methoxy groups -OCH3 is 1. The van der Waals surface area contributed by atoms with E-state index in [1.54, 1.807) is 25.3 Å². The van der Waals surface area contributed by atoms with E-state index in [0.29, 0.717) is 11.9 Å². The number of carbonyl (C=O) groups excluding carboxylic acids is 1. The third kappa shape index (κ3) is 4.15. The Bertz CT molecular complexity index is 541. The third-order valence-corrected chi connectivity index (χ3v) is 2.58. The average Bonchev–Trinajstić information content (AvgIpc) is 2.81. The Hall–Kier alpha value is -1.72. The highest BCUT2D eigenvalue weighted by atomic mass is 16.5. The molecule has 2 aromatic rings. The SMILES string of the molecule is COC(C)(C)C.O=Cn1cnc2c(CO)cccc21. The zero-order valence-electron chi connectivity index (χ0n) is 11.8. The van der Waals surface area contributed by atoms with E-state index in [2.05, 4.69) is 4.98 Å². The lowest BCUT2D eigenvalue weighted by Crippen LogP contribution is -2.15. The van der Waals surface area contributed by atoms with Crippen LogP contribution in [0.25, 0.3) is 11.0 Å². The number of rotatable bonds is 2. The molecule has 2 rings (SSSR count). The second kappa shape index (κ2) is 6.45. The van der Waals surface area contributed by atoms with E-state index in [1.807, 2.05) is 20.8 Å². The fourth-order valence-electron chi connectivity index (χ4n) is 1.33. The minimum absolute atomic E-state index is 0.0417. The Balaban J connectivity index is 0.000000258. The molecule has 1 N–H and O–H groups in total. The smallest absolute Gasteiger partial charge is 0.219 e. The van der Waals surface area contributed by atoms with Crippen LogP contribution in [0.5, 0.6) is 0 Å². The molecular formula is C14H20N2O3. The van der Waals surface area contributed by atoms with Crippen LogP contribution >= 0.6 is 0 Å². The summed E-state index contributed by atoms with van der Waals surface area (Å²) in [5.41, 5.74) is 2.18. The molecule has 1 aromatic carbocycles. The van der Waals surface area contributed by atoms with E-state index in [0.717, 1.165) is 11.1 Å². The van der Waals surface area contributed by atoms with E-state index in [-0.39, 0.29) is 12.2 Å². The molecule has 1 aromatic heterocycles. The molecule has 0 aliphatic carbocycles. The molecule has 0 amide bonds. The highest BCUT2D eigenvalue weighted by molar-refractivity contribution is 5.83. The summed E-state index contributed by atoms with van der Waals surface area (Å²) in [5.74, 6) is 0. The van der Waals surface area contributed by atoms with Crippen molar-refractivity contribution in [1.29, 1.82) is 0 Å². The normalized spacial score (nSPS) is 11.0. The van der Waals surface area contributed by atoms with Crippen LogP contribution in [-0.2, 0) is 16.1 Å². The first-order chi connectivity index (χ1) is 8.92. The van der Waals surface area contributed by atoms with Gasteiger partial charge in [-0.05, 0) is 26.8 Å². The fraction of sp³-hybridized carbons (Fsp3) is 0.429. The highest BCUT2D eigenvalue weighted by Gasteiger charge is 2.05. The van der Waals surface area contributed by atoms with E-state index in [9.17, 15) is 4.79 Å². The maximum absolute atomic E-state index is 10.5. The van der Waals surface area contributed by atoms with Crippen molar-refractivity contribution in [1.82, 2.24) is 9.55 Å². The van der Waals surface area contributed by atoms with Crippen molar-refractivity contribution in [3.63, 3.8) is 0 Å². The first-order valence-electron chi connectivity index (χ1n) is 5.98. The number of aliphatic hydroxyl groups is 1. The Morgan fingerprint density at radius 1 is 1.42 bits per heavy atom. The van der Waals surface area contributed by atoms with Gasteiger partial charge in [0.15, 0.2) is 0 Å². The molecule has 0 atom stereocenters. The lowest BCUT2D eigenvalue weighted by molar-refractivity contribution is 0.0397. The zero-order chi connectivity index (χ0) is 14.5. The number of benzene rings is 1. The average molecular weight is 264 g/mol. The standard InChI is InChI=1S/C9H8N2O2.C5H12O/c12-4-7-2-1-3-8-9(7)10-5-11(8)6-13;1-5(2,3)6-4/h1-3,5-6,12H,4H2;1-4H3. The van der Waals surface area contributed by atoms with Gasteiger partial charge in [0.1, 0.15) is 6.33 Å². The molecule has 0 radical (unpaired) electrons. The van der Waals surface area contributed by atoms with Gasteiger partial charge in [0, 0.05) is 12.7 Å². The molecule has 0 saturated carbocycles. The van der Waals surface area contributed by atoms with Crippen molar-refractivity contribution in [3.8, 4) is 0 Å². The Morgan fingerprint density at radius 3 is 2.53 bits per heavy atom. The molecule has 19 heavy (non-hydrogen) atoms. The lowest BCUT2D eigenvalue weighted by Gasteiger charge is -2.14. The lowest BCUT2D eigenvalue weighted by atomic mass is 10.2. The summed E-state index contributed by atoms with van der Waals surface area (Å²) in [6.45, 7) is 6.00. The number of hydrogen-bond donors (Lipinski definition) is 1. The summed E-state index contributed by atoms with van der Waals surface area (Å²) in [7, 11) is 1.71. The van der Waals surface area contributed by atoms with Crippen molar-refractivity contribution < 1.29 is 14.6 Å². The Morgan fingerprint density at radius 2 is 2.05 bits per heavy atom. The van der Waals surface area contributed by atoms with Crippen LogP contribution in [0.2, 0.25) is 0 Å². The number of para-hydroxylation sites is 1. The third-order valence-electron chi connectivity index (χ3n) is 2.58. The quantitative estimate of drug-likeness (QED) is 0.843. The van der Waals surface area contributed by atoms with Gasteiger partial charge in [0.2, 0.25) is 6.41 Å². The van der Waals surface area contributed by atoms with Crippen LogP contribution < -0.4 is 0 Å². The monoisotopic (exact) mass is 264 g/mol. The van der Waals surface area contributed by atoms with Crippen LogP contribution in [0.1, 0.15) is 26.3 Å². The molecule has 0 aliphatic heterocycles. The summed E-state index contributed by atoms with van der Waals surface area (Å²) < 4.78 is 6.32. The number of nitrogens with zero attached hydrogens (tertiary/aromatic N) is 2. The summed E-state index contributed by atoms with van der Waals surface area (Å²) in [4.78, 5) is 14.6. The highest BCUT2D eigenvalue weighted by Crippen LogP contribution is 2.16. The summed E-state index contributed by atoms with van der Waals surface area (Å²) in [5, 5.41) is 8.98. The molecule has 0 spiro atoms. The fourth-order valence-corrected chi connectivity index (χ4v) is 1.33. The number of fused-ring (bicyclic) bond motifs is 1. The molecule has 0 unspecified atom stereocenters. The molecule has 0 bridgehead atoms. The number of aromatic nitrogens is 2. The van der Waals surface area contributed by atoms with Gasteiger partial charge in [0.05, 0.1) is 23.2 Å². The van der Waals surface area contributed by atoms with Gasteiger partial charge in [-0.15, -0.1) is 0 Å². The molecule has 1 heterocycles. The molecule has 0 aliphatic rings. The minimum atomic E-state index is -0.0623. The molecule has 5 nitrogen and oxygen atoms in total. The van der Waals surface area contributed by atoms with E-state index in [1.165, 1.54) is 10.9 Å².